The van der Waals surface area contributed by atoms with Crippen LogP contribution in [0, 0.1) is 0 Å². The second-order valence-electron chi connectivity index (χ2n) is 2.01. The average molecular weight is 153 g/mol. The van der Waals surface area contributed by atoms with Crippen LogP contribution in [0.5, 0.6) is 0 Å². The van der Waals surface area contributed by atoms with E-state index in [0.29, 0.717) is 0 Å². The molecular weight excluding hydrogens is 141 g/mol. The first kappa shape index (κ1) is 12.1. The molecule has 0 N–H and O–H groups in total. The summed E-state index contributed by atoms with van der Waals surface area (Å²) in [7, 11) is -0.528. The minimum absolute atomic E-state index is 0. The van der Waals surface area contributed by atoms with E-state index in [4.69, 9.17) is 0 Å². The maximum absolute atomic E-state index is 4.48. The smallest absolute Gasteiger partial charge is 0.673 e. The molecule has 0 aromatic rings. The molecule has 0 bridgehead atoms. The first-order valence-corrected chi connectivity index (χ1v) is 7.34. The summed E-state index contributed by atoms with van der Waals surface area (Å²) in [4.78, 5) is 0. The van der Waals surface area contributed by atoms with Crippen LogP contribution >= 0.6 is 0 Å². The van der Waals surface area contributed by atoms with Crippen LogP contribution < -0.4 is 29.6 Å². The van der Waals surface area contributed by atoms with Crippen molar-refractivity contribution < 1.29 is 29.6 Å². The van der Waals surface area contributed by atoms with E-state index in [1.165, 1.54) is 0 Å². The van der Waals surface area contributed by atoms with Gasteiger partial charge in [-0.3, -0.25) is 0 Å². The SMILES string of the molecule is C[Si](C)[N-][Si](C)C.[Na+]. The van der Waals surface area contributed by atoms with Crippen molar-refractivity contribution in [2.24, 2.45) is 0 Å². The van der Waals surface area contributed by atoms with Gasteiger partial charge in [-0.15, -0.1) is 0 Å². The van der Waals surface area contributed by atoms with Gasteiger partial charge in [0.15, 0.2) is 0 Å². The number of hydrogen-bond donors (Lipinski definition) is 0. The monoisotopic (exact) mass is 153 g/mol. The summed E-state index contributed by atoms with van der Waals surface area (Å²) in [6.07, 6.45) is 0. The first-order chi connectivity index (χ1) is 3.13. The number of hydrogen-bond acceptors (Lipinski definition) is 0. The van der Waals surface area contributed by atoms with Crippen molar-refractivity contribution in [3.8, 4) is 0 Å². The molecule has 0 atom stereocenters. The summed E-state index contributed by atoms with van der Waals surface area (Å²) in [6, 6.07) is 0. The Kier molecular flexibility index (Phi) is 9.86. The molecule has 0 aromatic carbocycles. The molecule has 0 amide bonds. The normalized spacial score (nSPS) is 9.75. The number of rotatable bonds is 2. The molecule has 42 valence electrons. The summed E-state index contributed by atoms with van der Waals surface area (Å²) in [5, 5.41) is 0. The summed E-state index contributed by atoms with van der Waals surface area (Å²) in [5.41, 5.74) is 0. The first-order valence-electron chi connectivity index (χ1n) is 2.45. The van der Waals surface area contributed by atoms with Crippen LogP contribution in [0.3, 0.4) is 0 Å². The fourth-order valence-corrected chi connectivity index (χ4v) is 4.02. The summed E-state index contributed by atoms with van der Waals surface area (Å²) >= 11 is 0. The van der Waals surface area contributed by atoms with Gasteiger partial charge >= 0.3 is 29.6 Å². The van der Waals surface area contributed by atoms with E-state index in [2.05, 4.69) is 30.8 Å². The largest absolute Gasteiger partial charge is 1.00 e. The van der Waals surface area contributed by atoms with E-state index in [1.54, 1.807) is 0 Å². The Bertz CT molecular complexity index is 43.3. The topological polar surface area (TPSA) is 14.1 Å². The molecule has 0 rings (SSSR count). The van der Waals surface area contributed by atoms with Crippen molar-refractivity contribution in [1.29, 1.82) is 0 Å². The van der Waals surface area contributed by atoms with Crippen LogP contribution in [0.15, 0.2) is 0 Å². The van der Waals surface area contributed by atoms with Gasteiger partial charge in [0.1, 0.15) is 0 Å². The van der Waals surface area contributed by atoms with E-state index in [1.807, 2.05) is 0 Å². The molecule has 0 aliphatic rings. The molecule has 0 unspecified atom stereocenters. The number of nitrogens with zero attached hydrogens (tertiary/aromatic N) is 1. The van der Waals surface area contributed by atoms with Gasteiger partial charge < -0.3 is 4.65 Å². The minimum Gasteiger partial charge on any atom is -0.673 e. The predicted octanol–water partition coefficient (Wildman–Crippen LogP) is -1.13. The van der Waals surface area contributed by atoms with Gasteiger partial charge in [0.25, 0.3) is 0 Å². The quantitative estimate of drug-likeness (QED) is 0.446. The van der Waals surface area contributed by atoms with Gasteiger partial charge in [-0.2, -0.15) is 0 Å². The maximum Gasteiger partial charge on any atom is 1.00 e. The molecule has 0 spiro atoms. The van der Waals surface area contributed by atoms with Crippen LogP contribution in [0.4, 0.5) is 0 Å². The Morgan fingerprint density at radius 3 is 1.12 bits per heavy atom. The second-order valence-corrected chi connectivity index (χ2v) is 6.69. The Morgan fingerprint density at radius 1 is 0.875 bits per heavy atom. The summed E-state index contributed by atoms with van der Waals surface area (Å²) in [5.74, 6) is 0. The molecule has 1 nitrogen and oxygen atoms in total. The van der Waals surface area contributed by atoms with Crippen LogP contribution in [0.1, 0.15) is 0 Å². The van der Waals surface area contributed by atoms with Crippen molar-refractivity contribution >= 4 is 17.9 Å². The molecular formula is C4H12NNaSi2. The van der Waals surface area contributed by atoms with Crippen LogP contribution in [0.25, 0.3) is 4.65 Å². The van der Waals surface area contributed by atoms with Gasteiger partial charge in [0.2, 0.25) is 0 Å². The molecule has 0 saturated carbocycles. The van der Waals surface area contributed by atoms with Crippen LogP contribution in [0.2, 0.25) is 26.2 Å². The van der Waals surface area contributed by atoms with E-state index in [-0.39, 0.29) is 47.5 Å². The minimum atomic E-state index is -0.264. The summed E-state index contributed by atoms with van der Waals surface area (Å²) in [6.45, 7) is 8.90. The third-order valence-corrected chi connectivity index (χ3v) is 4.02. The standard InChI is InChI=1S/C4H12NSi2.Na/c1-6(2)5-7(3)4;/h1-4H3;/q-1;+1. The maximum atomic E-state index is 4.48. The molecule has 0 heterocycles. The van der Waals surface area contributed by atoms with Crippen LogP contribution in [-0.4, -0.2) is 17.9 Å². The molecule has 0 aromatic heterocycles. The van der Waals surface area contributed by atoms with Crippen molar-refractivity contribution in [2.75, 3.05) is 0 Å². The Labute approximate surface area is 77.9 Å². The van der Waals surface area contributed by atoms with Crippen molar-refractivity contribution in [3.05, 3.63) is 4.65 Å². The predicted molar refractivity (Wildman–Crippen MR) is 38.3 cm³/mol. The molecule has 0 fully saturated rings. The molecule has 4 heteroatoms. The van der Waals surface area contributed by atoms with Gasteiger partial charge in [-0.05, 0) is 0 Å². The van der Waals surface area contributed by atoms with E-state index >= 15 is 0 Å². The third-order valence-electron chi connectivity index (χ3n) is 0.447. The van der Waals surface area contributed by atoms with Crippen molar-refractivity contribution in [1.82, 2.24) is 0 Å². The molecule has 0 aliphatic carbocycles. The van der Waals surface area contributed by atoms with E-state index in [0.717, 1.165) is 0 Å². The van der Waals surface area contributed by atoms with E-state index < -0.39 is 0 Å². The van der Waals surface area contributed by atoms with Gasteiger partial charge in [0.05, 0.1) is 0 Å². The molecule has 8 heavy (non-hydrogen) atoms. The Morgan fingerprint density at radius 2 is 1.12 bits per heavy atom. The zero-order chi connectivity index (χ0) is 5.86. The molecule has 0 saturated heterocycles. The zero-order valence-corrected chi connectivity index (χ0v) is 10.4. The molecule has 2 radical (unpaired) electrons. The Hall–Kier alpha value is 1.39. The third kappa shape index (κ3) is 10.4. The van der Waals surface area contributed by atoms with Gasteiger partial charge in [-0.25, -0.2) is 0 Å². The fourth-order valence-electron chi connectivity index (χ4n) is 0.447. The van der Waals surface area contributed by atoms with Crippen molar-refractivity contribution in [2.45, 2.75) is 26.2 Å². The zero-order valence-electron chi connectivity index (χ0n) is 6.45. The molecule has 0 aliphatic heterocycles. The van der Waals surface area contributed by atoms with E-state index in [9.17, 15) is 0 Å². The van der Waals surface area contributed by atoms with Crippen molar-refractivity contribution in [3.63, 3.8) is 0 Å². The van der Waals surface area contributed by atoms with Crippen LogP contribution in [-0.2, 0) is 0 Å². The second kappa shape index (κ2) is 6.51. The summed E-state index contributed by atoms with van der Waals surface area (Å²) < 4.78 is 4.48. The van der Waals surface area contributed by atoms with Gasteiger partial charge in [0, 0.05) is 0 Å². The fraction of sp³-hybridized carbons (Fsp3) is 1.00. The average Bonchev–Trinajstić information content (AvgIpc) is 1.27. The van der Waals surface area contributed by atoms with Gasteiger partial charge in [-0.1, -0.05) is 44.1 Å². The Balaban J connectivity index is 0.